The number of hydrogen-bond acceptors (Lipinski definition) is 2. The summed E-state index contributed by atoms with van der Waals surface area (Å²) in [7, 11) is 1.75. The van der Waals surface area contributed by atoms with Crippen LogP contribution in [0.2, 0.25) is 0 Å². The molecule has 3 aromatic carbocycles. The van der Waals surface area contributed by atoms with Crippen molar-refractivity contribution >= 4 is 34.2 Å². The van der Waals surface area contributed by atoms with Gasteiger partial charge in [0.15, 0.2) is 0 Å². The molecule has 0 aromatic heterocycles. The Hall–Kier alpha value is -2.85. The molecular weight excluding hydrogens is 372 g/mol. The second-order valence-electron chi connectivity index (χ2n) is 6.82. The van der Waals surface area contributed by atoms with Crippen molar-refractivity contribution in [2.24, 2.45) is 0 Å². The summed E-state index contributed by atoms with van der Waals surface area (Å²) in [6.45, 7) is 0.477. The Balaban J connectivity index is 1.78. The van der Waals surface area contributed by atoms with Gasteiger partial charge in [-0.1, -0.05) is 72.8 Å². The summed E-state index contributed by atoms with van der Waals surface area (Å²) in [6.07, 6.45) is 0.408. The number of likely N-dealkylation sites (N-methyl/N-ethyl adjacent to an activating group) is 1. The van der Waals surface area contributed by atoms with Crippen LogP contribution in [0.1, 0.15) is 11.1 Å². The smallest absolute Gasteiger partial charge is 0.245 e. The molecule has 0 spiro atoms. The summed E-state index contributed by atoms with van der Waals surface area (Å²) in [5.41, 5.74) is 2.02. The number of nitrogens with one attached hydrogen (secondary N) is 1. The molecule has 1 N–H and O–H groups in total. The molecule has 0 aliphatic heterocycles. The monoisotopic (exact) mass is 394 g/mol. The van der Waals surface area contributed by atoms with Gasteiger partial charge in [0.05, 0.1) is 0 Å². The molecular formula is C23H23ClN2O2. The van der Waals surface area contributed by atoms with Crippen LogP contribution in [0, 0.1) is 0 Å². The van der Waals surface area contributed by atoms with Gasteiger partial charge < -0.3 is 10.2 Å². The SMILES string of the molecule is CN(Cc1ccccc1)C(=O)[C@H](Cc1ccc2ccccc2c1)NC(=O)CCl. The fourth-order valence-electron chi connectivity index (χ4n) is 3.24. The largest absolute Gasteiger partial charge is 0.343 e. The summed E-state index contributed by atoms with van der Waals surface area (Å²) >= 11 is 5.65. The molecule has 3 aromatic rings. The lowest BCUT2D eigenvalue weighted by molar-refractivity contribution is -0.135. The number of rotatable bonds is 7. The zero-order valence-corrected chi connectivity index (χ0v) is 16.5. The van der Waals surface area contributed by atoms with E-state index in [0.29, 0.717) is 13.0 Å². The van der Waals surface area contributed by atoms with Crippen molar-refractivity contribution in [1.29, 1.82) is 0 Å². The van der Waals surface area contributed by atoms with Crippen molar-refractivity contribution in [1.82, 2.24) is 10.2 Å². The first-order valence-corrected chi connectivity index (χ1v) is 9.72. The van der Waals surface area contributed by atoms with Gasteiger partial charge in [0.1, 0.15) is 11.9 Å². The molecule has 5 heteroatoms. The molecule has 144 valence electrons. The minimum Gasteiger partial charge on any atom is -0.343 e. The number of nitrogens with zero attached hydrogens (tertiary/aromatic N) is 1. The quantitative estimate of drug-likeness (QED) is 0.620. The van der Waals surface area contributed by atoms with Gasteiger partial charge in [0, 0.05) is 20.0 Å². The lowest BCUT2D eigenvalue weighted by atomic mass is 10.0. The van der Waals surface area contributed by atoms with Crippen molar-refractivity contribution in [3.63, 3.8) is 0 Å². The highest BCUT2D eigenvalue weighted by molar-refractivity contribution is 6.27. The normalized spacial score (nSPS) is 11.8. The van der Waals surface area contributed by atoms with Gasteiger partial charge in [-0.3, -0.25) is 9.59 Å². The van der Waals surface area contributed by atoms with E-state index in [1.165, 1.54) is 0 Å². The van der Waals surface area contributed by atoms with Crippen LogP contribution >= 0.6 is 11.6 Å². The Labute approximate surface area is 170 Å². The maximum absolute atomic E-state index is 13.0. The number of amides is 2. The molecule has 0 aliphatic rings. The lowest BCUT2D eigenvalue weighted by Crippen LogP contribution is -2.48. The Morgan fingerprint density at radius 3 is 2.32 bits per heavy atom. The molecule has 0 saturated heterocycles. The third-order valence-electron chi connectivity index (χ3n) is 4.65. The van der Waals surface area contributed by atoms with Crippen LogP contribution in [0.5, 0.6) is 0 Å². The summed E-state index contributed by atoms with van der Waals surface area (Å²) in [5, 5.41) is 5.01. The Morgan fingerprint density at radius 2 is 1.61 bits per heavy atom. The summed E-state index contributed by atoms with van der Waals surface area (Å²) in [6, 6.07) is 23.2. The summed E-state index contributed by atoms with van der Waals surface area (Å²) < 4.78 is 0. The van der Waals surface area contributed by atoms with Crippen LogP contribution in [0.25, 0.3) is 10.8 Å². The summed E-state index contributed by atoms with van der Waals surface area (Å²) in [5.74, 6) is -0.673. The van der Waals surface area contributed by atoms with Crippen LogP contribution in [-0.4, -0.2) is 35.7 Å². The van der Waals surface area contributed by atoms with Gasteiger partial charge in [-0.25, -0.2) is 0 Å². The van der Waals surface area contributed by atoms with Gasteiger partial charge in [-0.2, -0.15) is 0 Å². The molecule has 0 heterocycles. The highest BCUT2D eigenvalue weighted by Gasteiger charge is 2.24. The molecule has 0 unspecified atom stereocenters. The Morgan fingerprint density at radius 1 is 0.929 bits per heavy atom. The van der Waals surface area contributed by atoms with E-state index in [2.05, 4.69) is 11.4 Å². The van der Waals surface area contributed by atoms with Crippen LogP contribution in [0.15, 0.2) is 72.8 Å². The zero-order valence-electron chi connectivity index (χ0n) is 15.8. The number of alkyl halides is 1. The third kappa shape index (κ3) is 5.11. The van der Waals surface area contributed by atoms with Crippen LogP contribution in [0.4, 0.5) is 0 Å². The average molecular weight is 395 g/mol. The second-order valence-corrected chi connectivity index (χ2v) is 7.09. The molecule has 0 saturated carbocycles. The van der Waals surface area contributed by atoms with Crippen molar-refractivity contribution in [2.45, 2.75) is 19.0 Å². The maximum atomic E-state index is 13.0. The van der Waals surface area contributed by atoms with E-state index in [1.54, 1.807) is 11.9 Å². The van der Waals surface area contributed by atoms with Gasteiger partial charge in [0.2, 0.25) is 11.8 Å². The topological polar surface area (TPSA) is 49.4 Å². The fraction of sp³-hybridized carbons (Fsp3) is 0.217. The van der Waals surface area contributed by atoms with Crippen molar-refractivity contribution < 1.29 is 9.59 Å². The third-order valence-corrected chi connectivity index (χ3v) is 4.89. The van der Waals surface area contributed by atoms with Crippen molar-refractivity contribution in [3.05, 3.63) is 83.9 Å². The van der Waals surface area contributed by atoms with E-state index in [9.17, 15) is 9.59 Å². The highest BCUT2D eigenvalue weighted by Crippen LogP contribution is 2.17. The first-order chi connectivity index (χ1) is 13.6. The van der Waals surface area contributed by atoms with Gasteiger partial charge in [0.25, 0.3) is 0 Å². The average Bonchev–Trinajstić information content (AvgIpc) is 2.73. The molecule has 2 amide bonds. The first-order valence-electron chi connectivity index (χ1n) is 9.18. The maximum Gasteiger partial charge on any atom is 0.245 e. The molecule has 0 bridgehead atoms. The highest BCUT2D eigenvalue weighted by atomic mass is 35.5. The van der Waals surface area contributed by atoms with Gasteiger partial charge >= 0.3 is 0 Å². The number of hydrogen-bond donors (Lipinski definition) is 1. The van der Waals surface area contributed by atoms with Gasteiger partial charge in [-0.05, 0) is 21.9 Å². The van der Waals surface area contributed by atoms with E-state index < -0.39 is 6.04 Å². The van der Waals surface area contributed by atoms with E-state index in [4.69, 9.17) is 11.6 Å². The number of carbonyl (C=O) groups is 2. The minimum atomic E-state index is -0.666. The van der Waals surface area contributed by atoms with Crippen LogP contribution in [0.3, 0.4) is 0 Å². The molecule has 0 radical (unpaired) electrons. The fourth-order valence-corrected chi connectivity index (χ4v) is 3.31. The van der Waals surface area contributed by atoms with E-state index in [0.717, 1.165) is 21.9 Å². The summed E-state index contributed by atoms with van der Waals surface area (Å²) in [4.78, 5) is 26.6. The standard InChI is InChI=1S/C23H23ClN2O2/c1-26(16-17-7-3-2-4-8-17)23(28)21(25-22(27)15-24)14-18-11-12-19-9-5-6-10-20(19)13-18/h2-13,21H,14-16H2,1H3,(H,25,27)/t21-/m0/s1. The molecule has 0 aliphatic carbocycles. The Kier molecular flexibility index (Phi) is 6.66. The van der Waals surface area contributed by atoms with E-state index in [1.807, 2.05) is 66.7 Å². The first kappa shape index (κ1) is 19.9. The number of carbonyl (C=O) groups excluding carboxylic acids is 2. The van der Waals surface area contributed by atoms with Crippen molar-refractivity contribution in [3.8, 4) is 0 Å². The number of fused-ring (bicyclic) bond motifs is 1. The molecule has 4 nitrogen and oxygen atoms in total. The predicted molar refractivity (Wildman–Crippen MR) is 113 cm³/mol. The van der Waals surface area contributed by atoms with E-state index in [-0.39, 0.29) is 17.7 Å². The predicted octanol–water partition coefficient (Wildman–Crippen LogP) is 3.76. The molecule has 1 atom stereocenters. The van der Waals surface area contributed by atoms with E-state index >= 15 is 0 Å². The second kappa shape index (κ2) is 9.38. The lowest BCUT2D eigenvalue weighted by Gasteiger charge is -2.25. The van der Waals surface area contributed by atoms with Crippen molar-refractivity contribution in [2.75, 3.05) is 12.9 Å². The Bertz CT molecular complexity index is 959. The molecule has 28 heavy (non-hydrogen) atoms. The number of benzene rings is 3. The minimum absolute atomic E-state index is 0.143. The van der Waals surface area contributed by atoms with Crippen LogP contribution in [-0.2, 0) is 22.6 Å². The zero-order chi connectivity index (χ0) is 19.9. The molecule has 3 rings (SSSR count). The van der Waals surface area contributed by atoms with Gasteiger partial charge in [-0.15, -0.1) is 11.6 Å². The number of halogens is 1. The molecule has 0 fully saturated rings. The van der Waals surface area contributed by atoms with Crippen LogP contribution < -0.4 is 5.32 Å².